The number of aryl methyl sites for hydroxylation is 1. The van der Waals surface area contributed by atoms with E-state index in [2.05, 4.69) is 4.98 Å². The van der Waals surface area contributed by atoms with Crippen molar-refractivity contribution >= 4 is 11.5 Å². The molecule has 1 atom stereocenters. The molecule has 0 fully saturated rings. The third-order valence-corrected chi connectivity index (χ3v) is 3.45. The van der Waals surface area contributed by atoms with Gasteiger partial charge < -0.3 is 4.90 Å². The van der Waals surface area contributed by atoms with Crippen LogP contribution in [0.25, 0.3) is 0 Å². The number of Topliss-reactive ketones (excluding diaryl/α,β-unsaturated/α-hetero) is 1. The standard InChI is InChI=1S/C17H19FN2O/c1-12-4-7-15(8-5-12)20(3)11-13(2)17(21)16-9-6-14(18)10-19-16/h4-10,13H,11H2,1-3H3. The first-order chi connectivity index (χ1) is 9.97. The first-order valence-electron chi connectivity index (χ1n) is 6.91. The van der Waals surface area contributed by atoms with E-state index in [1.54, 1.807) is 0 Å². The lowest BCUT2D eigenvalue weighted by atomic mass is 10.0. The highest BCUT2D eigenvalue weighted by molar-refractivity contribution is 5.96. The van der Waals surface area contributed by atoms with E-state index in [9.17, 15) is 9.18 Å². The van der Waals surface area contributed by atoms with Crippen LogP contribution in [-0.4, -0.2) is 24.4 Å². The van der Waals surface area contributed by atoms with E-state index in [4.69, 9.17) is 0 Å². The largest absolute Gasteiger partial charge is 0.374 e. The van der Waals surface area contributed by atoms with Gasteiger partial charge in [-0.05, 0) is 31.2 Å². The molecule has 3 nitrogen and oxygen atoms in total. The number of anilines is 1. The SMILES string of the molecule is Cc1ccc(N(C)CC(C)C(=O)c2ccc(F)cn2)cc1. The fourth-order valence-electron chi connectivity index (χ4n) is 2.17. The summed E-state index contributed by atoms with van der Waals surface area (Å²) in [7, 11) is 1.95. The van der Waals surface area contributed by atoms with Crippen LogP contribution in [0, 0.1) is 18.7 Å². The Morgan fingerprint density at radius 3 is 2.48 bits per heavy atom. The number of nitrogens with zero attached hydrogens (tertiary/aromatic N) is 2. The van der Waals surface area contributed by atoms with Crippen molar-refractivity contribution in [3.63, 3.8) is 0 Å². The lowest BCUT2D eigenvalue weighted by Gasteiger charge is -2.22. The van der Waals surface area contributed by atoms with Gasteiger partial charge in [0.2, 0.25) is 0 Å². The molecule has 0 aliphatic carbocycles. The van der Waals surface area contributed by atoms with E-state index in [1.807, 2.05) is 50.1 Å². The number of carbonyl (C=O) groups excluding carboxylic acids is 1. The molecule has 0 radical (unpaired) electrons. The van der Waals surface area contributed by atoms with Gasteiger partial charge in [-0.15, -0.1) is 0 Å². The van der Waals surface area contributed by atoms with E-state index in [0.717, 1.165) is 11.9 Å². The average Bonchev–Trinajstić information content (AvgIpc) is 2.47. The number of halogens is 1. The van der Waals surface area contributed by atoms with Crippen LogP contribution in [0.3, 0.4) is 0 Å². The fourth-order valence-corrected chi connectivity index (χ4v) is 2.17. The fraction of sp³-hybridized carbons (Fsp3) is 0.294. The van der Waals surface area contributed by atoms with Crippen LogP contribution in [0.1, 0.15) is 23.0 Å². The number of carbonyl (C=O) groups is 1. The molecule has 2 aromatic rings. The summed E-state index contributed by atoms with van der Waals surface area (Å²) in [6, 6.07) is 10.8. The van der Waals surface area contributed by atoms with Gasteiger partial charge >= 0.3 is 0 Å². The van der Waals surface area contributed by atoms with Crippen LogP contribution in [0.2, 0.25) is 0 Å². The van der Waals surface area contributed by atoms with Crippen LogP contribution < -0.4 is 4.90 Å². The molecule has 0 spiro atoms. The monoisotopic (exact) mass is 286 g/mol. The average molecular weight is 286 g/mol. The summed E-state index contributed by atoms with van der Waals surface area (Å²) in [5, 5.41) is 0. The van der Waals surface area contributed by atoms with Gasteiger partial charge in [-0.25, -0.2) is 4.39 Å². The highest BCUT2D eigenvalue weighted by Gasteiger charge is 2.18. The minimum absolute atomic E-state index is 0.0750. The van der Waals surface area contributed by atoms with E-state index in [1.165, 1.54) is 17.7 Å². The van der Waals surface area contributed by atoms with Crippen molar-refractivity contribution < 1.29 is 9.18 Å². The van der Waals surface area contributed by atoms with E-state index in [-0.39, 0.29) is 11.7 Å². The minimum atomic E-state index is -0.434. The van der Waals surface area contributed by atoms with Crippen LogP contribution >= 0.6 is 0 Å². The molecular weight excluding hydrogens is 267 g/mol. The molecule has 1 unspecified atom stereocenters. The summed E-state index contributed by atoms with van der Waals surface area (Å²) in [5.41, 5.74) is 2.57. The van der Waals surface area contributed by atoms with Crippen molar-refractivity contribution in [3.05, 3.63) is 59.7 Å². The van der Waals surface area contributed by atoms with Gasteiger partial charge in [0.25, 0.3) is 0 Å². The summed E-state index contributed by atoms with van der Waals surface area (Å²) in [4.78, 5) is 18.1. The first-order valence-corrected chi connectivity index (χ1v) is 6.91. The number of aromatic nitrogens is 1. The zero-order chi connectivity index (χ0) is 15.4. The first kappa shape index (κ1) is 15.2. The number of benzene rings is 1. The second-order valence-corrected chi connectivity index (χ2v) is 5.34. The van der Waals surface area contributed by atoms with Crippen molar-refractivity contribution in [2.45, 2.75) is 13.8 Å². The molecule has 1 aromatic heterocycles. The maximum absolute atomic E-state index is 12.8. The van der Waals surface area contributed by atoms with Crippen LogP contribution in [0.15, 0.2) is 42.6 Å². The van der Waals surface area contributed by atoms with Gasteiger partial charge in [-0.1, -0.05) is 24.6 Å². The number of hydrogen-bond donors (Lipinski definition) is 0. The highest BCUT2D eigenvalue weighted by atomic mass is 19.1. The summed E-state index contributed by atoms with van der Waals surface area (Å²) in [6.07, 6.45) is 1.07. The van der Waals surface area contributed by atoms with Crippen molar-refractivity contribution in [2.75, 3.05) is 18.5 Å². The normalized spacial score (nSPS) is 12.0. The molecular formula is C17H19FN2O. The predicted molar refractivity (Wildman–Crippen MR) is 82.1 cm³/mol. The lowest BCUT2D eigenvalue weighted by molar-refractivity contribution is 0.0928. The van der Waals surface area contributed by atoms with Crippen molar-refractivity contribution in [2.24, 2.45) is 5.92 Å². The maximum atomic E-state index is 12.8. The molecule has 0 amide bonds. The van der Waals surface area contributed by atoms with E-state index < -0.39 is 5.82 Å². The zero-order valence-corrected chi connectivity index (χ0v) is 12.5. The Morgan fingerprint density at radius 2 is 1.90 bits per heavy atom. The van der Waals surface area contributed by atoms with Crippen molar-refractivity contribution in [1.82, 2.24) is 4.98 Å². The topological polar surface area (TPSA) is 33.2 Å². The van der Waals surface area contributed by atoms with Gasteiger partial charge in [0.1, 0.15) is 11.5 Å². The Morgan fingerprint density at radius 1 is 1.24 bits per heavy atom. The van der Waals surface area contributed by atoms with Gasteiger partial charge in [0, 0.05) is 25.2 Å². The Labute approximate surface area is 124 Å². The molecule has 0 aliphatic rings. The third-order valence-electron chi connectivity index (χ3n) is 3.45. The number of hydrogen-bond acceptors (Lipinski definition) is 3. The number of pyridine rings is 1. The molecule has 0 saturated carbocycles. The molecule has 0 aliphatic heterocycles. The second kappa shape index (κ2) is 6.48. The minimum Gasteiger partial charge on any atom is -0.374 e. The number of ketones is 1. The van der Waals surface area contributed by atoms with Crippen LogP contribution in [0.5, 0.6) is 0 Å². The van der Waals surface area contributed by atoms with Gasteiger partial charge in [0.05, 0.1) is 6.20 Å². The van der Waals surface area contributed by atoms with E-state index in [0.29, 0.717) is 12.2 Å². The Hall–Kier alpha value is -2.23. The Balaban J connectivity index is 2.03. The van der Waals surface area contributed by atoms with Crippen molar-refractivity contribution in [1.29, 1.82) is 0 Å². The summed E-state index contributed by atoms with van der Waals surface area (Å²) < 4.78 is 12.8. The smallest absolute Gasteiger partial charge is 0.185 e. The van der Waals surface area contributed by atoms with Crippen LogP contribution in [0.4, 0.5) is 10.1 Å². The molecule has 0 N–H and O–H groups in total. The molecule has 2 rings (SSSR count). The Kier molecular flexibility index (Phi) is 4.68. The Bertz CT molecular complexity index is 608. The van der Waals surface area contributed by atoms with Crippen LogP contribution in [-0.2, 0) is 0 Å². The molecule has 4 heteroatoms. The molecule has 1 aromatic carbocycles. The molecule has 110 valence electrons. The third kappa shape index (κ3) is 3.88. The lowest BCUT2D eigenvalue weighted by Crippen LogP contribution is -2.29. The second-order valence-electron chi connectivity index (χ2n) is 5.34. The molecule has 0 saturated heterocycles. The summed E-state index contributed by atoms with van der Waals surface area (Å²) in [5.74, 6) is -0.723. The highest BCUT2D eigenvalue weighted by Crippen LogP contribution is 2.16. The predicted octanol–water partition coefficient (Wildman–Crippen LogP) is 3.48. The summed E-state index contributed by atoms with van der Waals surface area (Å²) >= 11 is 0. The number of rotatable bonds is 5. The quantitative estimate of drug-likeness (QED) is 0.789. The van der Waals surface area contributed by atoms with E-state index >= 15 is 0 Å². The van der Waals surface area contributed by atoms with Crippen molar-refractivity contribution in [3.8, 4) is 0 Å². The van der Waals surface area contributed by atoms with Gasteiger partial charge in [-0.2, -0.15) is 0 Å². The maximum Gasteiger partial charge on any atom is 0.185 e. The zero-order valence-electron chi connectivity index (χ0n) is 12.5. The molecule has 0 bridgehead atoms. The molecule has 21 heavy (non-hydrogen) atoms. The molecule has 1 heterocycles. The summed E-state index contributed by atoms with van der Waals surface area (Å²) in [6.45, 7) is 4.48. The van der Waals surface area contributed by atoms with Gasteiger partial charge in [0.15, 0.2) is 5.78 Å². The van der Waals surface area contributed by atoms with Gasteiger partial charge in [-0.3, -0.25) is 9.78 Å².